The quantitative estimate of drug-likeness (QED) is 0.620. The Bertz CT molecular complexity index is 963. The Morgan fingerprint density at radius 2 is 1.69 bits per heavy atom. The number of hydrogen-bond donors (Lipinski definition) is 1. The highest BCUT2D eigenvalue weighted by Gasteiger charge is 2.27. The molecule has 0 aliphatic carbocycles. The van der Waals surface area contributed by atoms with Crippen molar-refractivity contribution >= 4 is 41.0 Å². The zero-order valence-corrected chi connectivity index (χ0v) is 19.2. The van der Waals surface area contributed by atoms with Crippen LogP contribution in [0.15, 0.2) is 48.5 Å². The number of hydrogen-bond acceptors (Lipinski definition) is 5. The average Bonchev–Trinajstić information content (AvgIpc) is 2.80. The molecule has 2 amide bonds. The van der Waals surface area contributed by atoms with E-state index in [-0.39, 0.29) is 23.0 Å². The summed E-state index contributed by atoms with van der Waals surface area (Å²) in [6.45, 7) is 4.66. The van der Waals surface area contributed by atoms with Crippen LogP contribution in [0.2, 0.25) is 10.0 Å². The second kappa shape index (κ2) is 11.3. The third kappa shape index (κ3) is 6.69. The molecule has 3 rings (SSSR count). The zero-order valence-electron chi connectivity index (χ0n) is 17.7. The Labute approximate surface area is 197 Å². The number of nitrogens with one attached hydrogen (secondary N) is 1. The summed E-state index contributed by atoms with van der Waals surface area (Å²) in [5, 5.41) is 3.02. The SMILES string of the molecule is CC(OC(=O)CNC(=O)c1ccc(Cl)c(Cl)c1)C(=O)N1CCN(Cc2ccccc2)CC1. The summed E-state index contributed by atoms with van der Waals surface area (Å²) in [4.78, 5) is 40.9. The molecule has 170 valence electrons. The molecule has 32 heavy (non-hydrogen) atoms. The first-order chi connectivity index (χ1) is 15.3. The van der Waals surface area contributed by atoms with E-state index in [1.165, 1.54) is 30.7 Å². The first-order valence-corrected chi connectivity index (χ1v) is 11.1. The van der Waals surface area contributed by atoms with Crippen LogP contribution < -0.4 is 5.32 Å². The fourth-order valence-corrected chi connectivity index (χ4v) is 3.70. The number of esters is 1. The van der Waals surface area contributed by atoms with E-state index < -0.39 is 18.0 Å². The summed E-state index contributed by atoms with van der Waals surface area (Å²) in [5.74, 6) is -1.43. The van der Waals surface area contributed by atoms with Gasteiger partial charge in [-0.2, -0.15) is 0 Å². The maximum absolute atomic E-state index is 12.6. The van der Waals surface area contributed by atoms with Gasteiger partial charge in [0.2, 0.25) is 0 Å². The van der Waals surface area contributed by atoms with Crippen molar-refractivity contribution in [1.29, 1.82) is 0 Å². The van der Waals surface area contributed by atoms with E-state index in [1.54, 1.807) is 4.90 Å². The van der Waals surface area contributed by atoms with Crippen LogP contribution in [0.1, 0.15) is 22.8 Å². The third-order valence-electron chi connectivity index (χ3n) is 5.16. The molecule has 1 atom stereocenters. The van der Waals surface area contributed by atoms with Crippen LogP contribution in [0.4, 0.5) is 0 Å². The van der Waals surface area contributed by atoms with Crippen molar-refractivity contribution in [3.05, 3.63) is 69.7 Å². The zero-order chi connectivity index (χ0) is 23.1. The molecular formula is C23H25Cl2N3O4. The molecule has 1 N–H and O–H groups in total. The lowest BCUT2D eigenvalue weighted by atomic mass is 10.2. The Morgan fingerprint density at radius 1 is 1.00 bits per heavy atom. The van der Waals surface area contributed by atoms with Crippen LogP contribution in [0, 0.1) is 0 Å². The largest absolute Gasteiger partial charge is 0.451 e. The number of nitrogens with zero attached hydrogens (tertiary/aromatic N) is 2. The number of carbonyl (C=O) groups is 3. The summed E-state index contributed by atoms with van der Waals surface area (Å²) < 4.78 is 5.21. The number of benzene rings is 2. The first-order valence-electron chi connectivity index (χ1n) is 10.3. The molecule has 1 saturated heterocycles. The Morgan fingerprint density at radius 3 is 2.34 bits per heavy atom. The van der Waals surface area contributed by atoms with Crippen molar-refractivity contribution in [2.45, 2.75) is 19.6 Å². The predicted molar refractivity (Wildman–Crippen MR) is 123 cm³/mol. The molecule has 1 unspecified atom stereocenters. The maximum Gasteiger partial charge on any atom is 0.326 e. The van der Waals surface area contributed by atoms with Gasteiger partial charge < -0.3 is 15.0 Å². The van der Waals surface area contributed by atoms with Gasteiger partial charge in [-0.15, -0.1) is 0 Å². The Kier molecular flexibility index (Phi) is 8.50. The van der Waals surface area contributed by atoms with Gasteiger partial charge in [-0.1, -0.05) is 53.5 Å². The minimum Gasteiger partial charge on any atom is -0.451 e. The predicted octanol–water partition coefficient (Wildman–Crippen LogP) is 3.00. The number of amides is 2. The van der Waals surface area contributed by atoms with E-state index in [2.05, 4.69) is 22.3 Å². The molecule has 0 aromatic heterocycles. The van der Waals surface area contributed by atoms with Gasteiger partial charge in [-0.25, -0.2) is 0 Å². The lowest BCUT2D eigenvalue weighted by Gasteiger charge is -2.35. The summed E-state index contributed by atoms with van der Waals surface area (Å²) in [5.41, 5.74) is 1.50. The summed E-state index contributed by atoms with van der Waals surface area (Å²) in [7, 11) is 0. The number of piperazine rings is 1. The van der Waals surface area contributed by atoms with Gasteiger partial charge in [0.15, 0.2) is 6.10 Å². The molecule has 0 spiro atoms. The minimum atomic E-state index is -0.926. The number of ether oxygens (including phenoxy) is 1. The number of carbonyl (C=O) groups excluding carboxylic acids is 3. The lowest BCUT2D eigenvalue weighted by molar-refractivity contribution is -0.159. The van der Waals surface area contributed by atoms with Gasteiger partial charge >= 0.3 is 5.97 Å². The molecular weight excluding hydrogens is 453 g/mol. The van der Waals surface area contributed by atoms with Gasteiger partial charge in [0.05, 0.1) is 10.0 Å². The fraction of sp³-hybridized carbons (Fsp3) is 0.348. The van der Waals surface area contributed by atoms with E-state index in [0.717, 1.165) is 19.6 Å². The van der Waals surface area contributed by atoms with Crippen molar-refractivity contribution in [2.75, 3.05) is 32.7 Å². The smallest absolute Gasteiger partial charge is 0.326 e. The second-order valence-corrected chi connectivity index (χ2v) is 8.35. The molecule has 0 bridgehead atoms. The maximum atomic E-state index is 12.6. The Hall–Kier alpha value is -2.61. The molecule has 7 nitrogen and oxygen atoms in total. The van der Waals surface area contributed by atoms with Crippen LogP contribution in [0.5, 0.6) is 0 Å². The normalized spacial score (nSPS) is 15.2. The van der Waals surface area contributed by atoms with Crippen LogP contribution in [-0.2, 0) is 20.9 Å². The molecule has 9 heteroatoms. The summed E-state index contributed by atoms with van der Waals surface area (Å²) in [6.07, 6.45) is -0.926. The standard InChI is InChI=1S/C23H25Cl2N3O4/c1-16(32-21(29)14-26-22(30)18-7-8-19(24)20(25)13-18)23(31)28-11-9-27(10-12-28)15-17-5-3-2-4-6-17/h2-8,13,16H,9-12,14-15H2,1H3,(H,26,30). The van der Waals surface area contributed by atoms with Crippen molar-refractivity contribution in [1.82, 2.24) is 15.1 Å². The van der Waals surface area contributed by atoms with Gasteiger partial charge in [-0.3, -0.25) is 19.3 Å². The van der Waals surface area contributed by atoms with Crippen molar-refractivity contribution in [2.24, 2.45) is 0 Å². The monoisotopic (exact) mass is 477 g/mol. The highest BCUT2D eigenvalue weighted by atomic mass is 35.5. The van der Waals surface area contributed by atoms with Crippen LogP contribution in [0.25, 0.3) is 0 Å². The molecule has 0 radical (unpaired) electrons. The third-order valence-corrected chi connectivity index (χ3v) is 5.90. The van der Waals surface area contributed by atoms with E-state index in [4.69, 9.17) is 27.9 Å². The van der Waals surface area contributed by atoms with Crippen molar-refractivity contribution in [3.8, 4) is 0 Å². The first kappa shape index (κ1) is 24.0. The van der Waals surface area contributed by atoms with E-state index in [9.17, 15) is 14.4 Å². The molecule has 2 aromatic rings. The summed E-state index contributed by atoms with van der Waals surface area (Å²) in [6, 6.07) is 14.6. The van der Waals surface area contributed by atoms with Gasteiger partial charge in [0, 0.05) is 38.3 Å². The highest BCUT2D eigenvalue weighted by molar-refractivity contribution is 6.42. The van der Waals surface area contributed by atoms with Crippen molar-refractivity contribution < 1.29 is 19.1 Å². The lowest BCUT2D eigenvalue weighted by Crippen LogP contribution is -2.51. The fourth-order valence-electron chi connectivity index (χ4n) is 3.41. The summed E-state index contributed by atoms with van der Waals surface area (Å²) >= 11 is 11.7. The van der Waals surface area contributed by atoms with Gasteiger partial charge in [-0.05, 0) is 30.7 Å². The molecule has 0 saturated carbocycles. The van der Waals surface area contributed by atoms with E-state index >= 15 is 0 Å². The average molecular weight is 478 g/mol. The van der Waals surface area contributed by atoms with E-state index in [0.29, 0.717) is 18.1 Å². The highest BCUT2D eigenvalue weighted by Crippen LogP contribution is 2.22. The van der Waals surface area contributed by atoms with E-state index in [1.807, 2.05) is 18.2 Å². The van der Waals surface area contributed by atoms with Crippen LogP contribution >= 0.6 is 23.2 Å². The Balaban J connectivity index is 1.40. The minimum absolute atomic E-state index is 0.241. The topological polar surface area (TPSA) is 78.9 Å². The van der Waals surface area contributed by atoms with Crippen molar-refractivity contribution in [3.63, 3.8) is 0 Å². The number of rotatable bonds is 7. The molecule has 1 aliphatic rings. The molecule has 1 aliphatic heterocycles. The second-order valence-electron chi connectivity index (χ2n) is 7.53. The number of halogens is 2. The van der Waals surface area contributed by atoms with Crippen LogP contribution in [-0.4, -0.2) is 66.4 Å². The van der Waals surface area contributed by atoms with Gasteiger partial charge in [0.1, 0.15) is 6.54 Å². The van der Waals surface area contributed by atoms with Gasteiger partial charge in [0.25, 0.3) is 11.8 Å². The molecule has 1 heterocycles. The molecule has 2 aromatic carbocycles. The molecule has 1 fully saturated rings. The van der Waals surface area contributed by atoms with Crippen LogP contribution in [0.3, 0.4) is 0 Å².